The number of carbonyl (C=O) groups is 1. The predicted octanol–water partition coefficient (Wildman–Crippen LogP) is 4.38. The van der Waals surface area contributed by atoms with Crippen LogP contribution in [0, 0.1) is 5.92 Å². The first-order chi connectivity index (χ1) is 16.0. The Hall–Kier alpha value is -3.39. The molecule has 33 heavy (non-hydrogen) atoms. The van der Waals surface area contributed by atoms with Crippen LogP contribution in [-0.4, -0.2) is 47.3 Å². The van der Waals surface area contributed by atoms with Gasteiger partial charge in [-0.25, -0.2) is 0 Å². The van der Waals surface area contributed by atoms with Gasteiger partial charge in [-0.2, -0.15) is 4.98 Å². The molecule has 0 aliphatic carbocycles. The van der Waals surface area contributed by atoms with Crippen LogP contribution in [0.5, 0.6) is 11.5 Å². The fraction of sp³-hybridized carbons (Fsp3) is 0.400. The lowest BCUT2D eigenvalue weighted by atomic mass is 9.97. The quantitative estimate of drug-likeness (QED) is 0.545. The van der Waals surface area contributed by atoms with E-state index in [9.17, 15) is 4.79 Å². The van der Waals surface area contributed by atoms with Crippen molar-refractivity contribution in [1.82, 2.24) is 15.0 Å². The van der Waals surface area contributed by atoms with Crippen LogP contribution in [0.15, 0.2) is 53.1 Å². The van der Waals surface area contributed by atoms with Crippen molar-refractivity contribution < 1.29 is 18.8 Å². The molecular weight excluding hydrogens is 420 g/mol. The Bertz CT molecular complexity index is 1050. The number of hydrogen-bond donors (Lipinski definition) is 1. The van der Waals surface area contributed by atoms with E-state index in [2.05, 4.69) is 20.4 Å². The van der Waals surface area contributed by atoms with Crippen molar-refractivity contribution in [3.05, 3.63) is 54.4 Å². The molecule has 1 aromatic heterocycles. The highest BCUT2D eigenvalue weighted by Crippen LogP contribution is 2.23. The first-order valence-electron chi connectivity index (χ1n) is 11.3. The summed E-state index contributed by atoms with van der Waals surface area (Å²) in [6.45, 7) is 6.04. The Morgan fingerprint density at radius 1 is 1.15 bits per heavy atom. The minimum Gasteiger partial charge on any atom is -0.497 e. The smallest absolute Gasteiger partial charge is 0.241 e. The van der Waals surface area contributed by atoms with Crippen LogP contribution >= 0.6 is 0 Å². The summed E-state index contributed by atoms with van der Waals surface area (Å²) in [5.41, 5.74) is 1.64. The molecule has 2 heterocycles. The molecule has 3 aromatic rings. The van der Waals surface area contributed by atoms with E-state index in [1.165, 1.54) is 0 Å². The highest BCUT2D eigenvalue weighted by Gasteiger charge is 2.27. The van der Waals surface area contributed by atoms with Crippen molar-refractivity contribution >= 4 is 11.6 Å². The third-order valence-electron chi connectivity index (χ3n) is 5.55. The van der Waals surface area contributed by atoms with Gasteiger partial charge in [-0.3, -0.25) is 9.69 Å². The Morgan fingerprint density at radius 3 is 2.58 bits per heavy atom. The molecule has 4 rings (SSSR count). The van der Waals surface area contributed by atoms with Crippen LogP contribution in [0.1, 0.15) is 32.6 Å². The molecule has 1 unspecified atom stereocenters. The number of nitrogens with zero attached hydrogens (tertiary/aromatic N) is 3. The molecule has 1 fully saturated rings. The summed E-state index contributed by atoms with van der Waals surface area (Å²) >= 11 is 0. The van der Waals surface area contributed by atoms with Crippen molar-refractivity contribution in [2.45, 2.75) is 39.3 Å². The van der Waals surface area contributed by atoms with Gasteiger partial charge in [0.1, 0.15) is 11.5 Å². The lowest BCUT2D eigenvalue weighted by Crippen LogP contribution is -2.40. The number of nitrogens with one attached hydrogen (secondary N) is 1. The van der Waals surface area contributed by atoms with Crippen LogP contribution in [0.2, 0.25) is 0 Å². The second-order valence-electron chi connectivity index (χ2n) is 8.49. The number of methoxy groups -OCH3 is 1. The number of rotatable bonds is 8. The normalized spacial score (nSPS) is 16.5. The maximum Gasteiger partial charge on any atom is 0.241 e. The summed E-state index contributed by atoms with van der Waals surface area (Å²) in [5, 5.41) is 7.13. The number of amides is 1. The monoisotopic (exact) mass is 450 g/mol. The molecule has 1 N–H and O–H groups in total. The average molecular weight is 451 g/mol. The van der Waals surface area contributed by atoms with E-state index >= 15 is 0 Å². The number of carbonyl (C=O) groups excluding carboxylic acids is 1. The molecule has 1 atom stereocenters. The summed E-state index contributed by atoms with van der Waals surface area (Å²) in [6, 6.07) is 15.0. The number of hydrogen-bond acceptors (Lipinski definition) is 7. The molecule has 1 saturated heterocycles. The summed E-state index contributed by atoms with van der Waals surface area (Å²) in [6.07, 6.45) is 1.92. The van der Waals surface area contributed by atoms with Crippen LogP contribution in [0.4, 0.5) is 5.69 Å². The second-order valence-corrected chi connectivity index (χ2v) is 8.49. The highest BCUT2D eigenvalue weighted by atomic mass is 16.5. The van der Waals surface area contributed by atoms with Gasteiger partial charge in [-0.05, 0) is 81.8 Å². The lowest BCUT2D eigenvalue weighted by molar-refractivity contribution is -0.121. The van der Waals surface area contributed by atoms with Crippen molar-refractivity contribution in [1.29, 1.82) is 0 Å². The van der Waals surface area contributed by atoms with Gasteiger partial charge in [0.05, 0.1) is 25.7 Å². The number of piperidine rings is 1. The molecule has 0 spiro atoms. The van der Waals surface area contributed by atoms with E-state index in [4.69, 9.17) is 14.0 Å². The zero-order valence-electron chi connectivity index (χ0n) is 19.3. The number of anilines is 1. The number of aromatic nitrogens is 2. The number of benzene rings is 2. The molecule has 0 saturated carbocycles. The maximum atomic E-state index is 12.8. The molecule has 0 bridgehead atoms. The highest BCUT2D eigenvalue weighted by molar-refractivity contribution is 5.92. The van der Waals surface area contributed by atoms with Gasteiger partial charge in [0.15, 0.2) is 0 Å². The first kappa shape index (κ1) is 22.8. The van der Waals surface area contributed by atoms with Crippen LogP contribution < -0.4 is 14.8 Å². The summed E-state index contributed by atoms with van der Waals surface area (Å²) in [4.78, 5) is 19.6. The van der Waals surface area contributed by atoms with Gasteiger partial charge in [0.2, 0.25) is 17.6 Å². The van der Waals surface area contributed by atoms with Gasteiger partial charge in [0, 0.05) is 17.8 Å². The van der Waals surface area contributed by atoms with Crippen molar-refractivity contribution in [3.8, 4) is 22.9 Å². The zero-order chi connectivity index (χ0) is 23.2. The van der Waals surface area contributed by atoms with Crippen LogP contribution in [0.3, 0.4) is 0 Å². The van der Waals surface area contributed by atoms with Gasteiger partial charge in [-0.1, -0.05) is 5.16 Å². The molecular formula is C25H30N4O4. The standard InChI is InChI=1S/C25H30N4O4/c1-17(2)32-22-12-8-20(9-13-22)26-25(30)19-5-4-14-29(15-19)16-23-27-24(28-33-23)18-6-10-21(31-3)11-7-18/h6-13,17,19H,4-5,14-16H2,1-3H3,(H,26,30). The van der Waals surface area contributed by atoms with E-state index in [0.717, 1.165) is 42.1 Å². The lowest BCUT2D eigenvalue weighted by Gasteiger charge is -2.30. The Labute approximate surface area is 193 Å². The van der Waals surface area contributed by atoms with E-state index in [-0.39, 0.29) is 17.9 Å². The minimum atomic E-state index is -0.0886. The van der Waals surface area contributed by atoms with Gasteiger partial charge in [-0.15, -0.1) is 0 Å². The van der Waals surface area contributed by atoms with E-state index in [0.29, 0.717) is 24.8 Å². The molecule has 8 nitrogen and oxygen atoms in total. The molecule has 8 heteroatoms. The first-order valence-corrected chi connectivity index (χ1v) is 11.3. The van der Waals surface area contributed by atoms with Crippen molar-refractivity contribution in [2.24, 2.45) is 5.92 Å². The number of ether oxygens (including phenoxy) is 2. The predicted molar refractivity (Wildman–Crippen MR) is 125 cm³/mol. The second kappa shape index (κ2) is 10.5. The van der Waals surface area contributed by atoms with E-state index in [1.807, 2.05) is 62.4 Å². The third-order valence-corrected chi connectivity index (χ3v) is 5.55. The molecule has 1 amide bonds. The summed E-state index contributed by atoms with van der Waals surface area (Å²) in [5.74, 6) is 2.60. The van der Waals surface area contributed by atoms with Crippen molar-refractivity contribution in [2.75, 3.05) is 25.5 Å². The van der Waals surface area contributed by atoms with Crippen molar-refractivity contribution in [3.63, 3.8) is 0 Å². The van der Waals surface area contributed by atoms with Crippen LogP contribution in [0.25, 0.3) is 11.4 Å². The Morgan fingerprint density at radius 2 is 1.88 bits per heavy atom. The van der Waals surface area contributed by atoms with Gasteiger partial charge < -0.3 is 19.3 Å². The fourth-order valence-corrected chi connectivity index (χ4v) is 3.91. The fourth-order valence-electron chi connectivity index (χ4n) is 3.91. The number of likely N-dealkylation sites (tertiary alicyclic amines) is 1. The molecule has 174 valence electrons. The Kier molecular flexibility index (Phi) is 7.24. The maximum absolute atomic E-state index is 12.8. The largest absolute Gasteiger partial charge is 0.497 e. The summed E-state index contributed by atoms with van der Waals surface area (Å²) in [7, 11) is 1.63. The minimum absolute atomic E-state index is 0.0293. The molecule has 2 aromatic carbocycles. The van der Waals surface area contributed by atoms with Gasteiger partial charge in [0.25, 0.3) is 0 Å². The third kappa shape index (κ3) is 6.10. The SMILES string of the molecule is COc1ccc(-c2noc(CN3CCCC(C(=O)Nc4ccc(OC(C)C)cc4)C3)n2)cc1. The molecule has 1 aliphatic rings. The van der Waals surface area contributed by atoms with Crippen LogP contribution in [-0.2, 0) is 11.3 Å². The van der Waals surface area contributed by atoms with E-state index < -0.39 is 0 Å². The van der Waals surface area contributed by atoms with Gasteiger partial charge >= 0.3 is 0 Å². The topological polar surface area (TPSA) is 89.7 Å². The average Bonchev–Trinajstić information content (AvgIpc) is 3.28. The molecule has 0 radical (unpaired) electrons. The zero-order valence-corrected chi connectivity index (χ0v) is 19.3. The molecule has 1 aliphatic heterocycles. The van der Waals surface area contributed by atoms with E-state index in [1.54, 1.807) is 7.11 Å². The summed E-state index contributed by atoms with van der Waals surface area (Å²) < 4.78 is 16.3. The Balaban J connectivity index is 1.32.